The Morgan fingerprint density at radius 2 is 1.92 bits per heavy atom. The van der Waals surface area contributed by atoms with E-state index in [1.165, 1.54) is 13.3 Å². The lowest BCUT2D eigenvalue weighted by atomic mass is 10.0. The van der Waals surface area contributed by atoms with Gasteiger partial charge in [-0.25, -0.2) is 5.43 Å². The molecular formula is C19H23N3O4. The summed E-state index contributed by atoms with van der Waals surface area (Å²) in [4.78, 5) is 23.3. The van der Waals surface area contributed by atoms with Crippen molar-refractivity contribution >= 4 is 28.8 Å². The van der Waals surface area contributed by atoms with Crippen LogP contribution in [0.4, 0.5) is 0 Å². The molecular weight excluding hydrogens is 334 g/mol. The van der Waals surface area contributed by atoms with Crippen molar-refractivity contribution in [3.63, 3.8) is 0 Å². The minimum absolute atomic E-state index is 0.255. The second kappa shape index (κ2) is 10.1. The molecule has 2 aromatic rings. The van der Waals surface area contributed by atoms with Crippen LogP contribution in [0, 0.1) is 0 Å². The van der Waals surface area contributed by atoms with E-state index >= 15 is 0 Å². The van der Waals surface area contributed by atoms with Gasteiger partial charge in [-0.05, 0) is 23.3 Å². The average Bonchev–Trinajstić information content (AvgIpc) is 2.67. The van der Waals surface area contributed by atoms with Crippen LogP contribution < -0.4 is 15.5 Å². The van der Waals surface area contributed by atoms with Gasteiger partial charge in [-0.15, -0.1) is 0 Å². The number of ether oxygens (including phenoxy) is 2. The summed E-state index contributed by atoms with van der Waals surface area (Å²) in [6.07, 6.45) is 2.37. The molecule has 0 unspecified atom stereocenters. The molecule has 0 atom stereocenters. The van der Waals surface area contributed by atoms with Crippen LogP contribution >= 0.6 is 0 Å². The summed E-state index contributed by atoms with van der Waals surface area (Å²) in [7, 11) is 1.51. The monoisotopic (exact) mass is 357 g/mol. The number of nitrogens with zero attached hydrogens (tertiary/aromatic N) is 1. The Morgan fingerprint density at radius 3 is 2.69 bits per heavy atom. The SMILES string of the molecule is CCCOc1ccc2ccccc2c1/C=N\NC(=O)C(=O)NCCOC. The lowest BCUT2D eigenvalue weighted by Gasteiger charge is -2.11. The Labute approximate surface area is 152 Å². The van der Waals surface area contributed by atoms with E-state index in [9.17, 15) is 9.59 Å². The number of carbonyl (C=O) groups excluding carboxylic acids is 2. The van der Waals surface area contributed by atoms with Crippen LogP contribution in [0.5, 0.6) is 5.75 Å². The highest BCUT2D eigenvalue weighted by molar-refractivity contribution is 6.35. The van der Waals surface area contributed by atoms with Gasteiger partial charge in [0.15, 0.2) is 0 Å². The standard InChI is InChI=1S/C19H23N3O4/c1-3-11-26-17-9-8-14-6-4-5-7-15(14)16(17)13-21-22-19(24)18(23)20-10-12-25-2/h4-9,13H,3,10-12H2,1-2H3,(H,20,23)(H,22,24)/b21-13-. The molecule has 2 rings (SSSR count). The van der Waals surface area contributed by atoms with E-state index < -0.39 is 11.8 Å². The van der Waals surface area contributed by atoms with Crippen LogP contribution in [0.1, 0.15) is 18.9 Å². The van der Waals surface area contributed by atoms with Gasteiger partial charge >= 0.3 is 11.8 Å². The van der Waals surface area contributed by atoms with Crippen molar-refractivity contribution in [2.24, 2.45) is 5.10 Å². The van der Waals surface area contributed by atoms with Gasteiger partial charge in [0.1, 0.15) is 5.75 Å². The first kappa shape index (κ1) is 19.4. The normalized spacial score (nSPS) is 10.8. The van der Waals surface area contributed by atoms with Gasteiger partial charge in [-0.1, -0.05) is 37.3 Å². The molecule has 0 spiro atoms. The van der Waals surface area contributed by atoms with E-state index in [1.54, 1.807) is 0 Å². The van der Waals surface area contributed by atoms with Crippen molar-refractivity contribution in [1.29, 1.82) is 0 Å². The minimum Gasteiger partial charge on any atom is -0.493 e. The molecule has 138 valence electrons. The van der Waals surface area contributed by atoms with Crippen LogP contribution in [-0.4, -0.2) is 44.9 Å². The smallest absolute Gasteiger partial charge is 0.329 e. The number of hydrogen-bond acceptors (Lipinski definition) is 5. The number of amides is 2. The first-order valence-corrected chi connectivity index (χ1v) is 8.42. The number of hydrogen-bond donors (Lipinski definition) is 2. The Hall–Kier alpha value is -2.93. The Morgan fingerprint density at radius 1 is 1.12 bits per heavy atom. The third-order valence-corrected chi connectivity index (χ3v) is 3.55. The fraction of sp³-hybridized carbons (Fsp3) is 0.316. The highest BCUT2D eigenvalue weighted by atomic mass is 16.5. The Kier molecular flexibility index (Phi) is 7.57. The number of hydrazone groups is 1. The Balaban J connectivity index is 2.13. The van der Waals surface area contributed by atoms with Crippen LogP contribution in [-0.2, 0) is 14.3 Å². The van der Waals surface area contributed by atoms with E-state index in [0.29, 0.717) is 19.0 Å². The average molecular weight is 357 g/mol. The predicted molar refractivity (Wildman–Crippen MR) is 100 cm³/mol. The van der Waals surface area contributed by atoms with E-state index in [1.807, 2.05) is 43.3 Å². The highest BCUT2D eigenvalue weighted by Gasteiger charge is 2.12. The molecule has 0 aliphatic heterocycles. The summed E-state index contributed by atoms with van der Waals surface area (Å²) in [5, 5.41) is 8.32. The predicted octanol–water partition coefficient (Wildman–Crippen LogP) is 1.84. The van der Waals surface area contributed by atoms with Crippen LogP contribution in [0.15, 0.2) is 41.5 Å². The van der Waals surface area contributed by atoms with Crippen LogP contribution in [0.3, 0.4) is 0 Å². The summed E-state index contributed by atoms with van der Waals surface area (Å²) in [5.74, 6) is -0.929. The van der Waals surface area contributed by atoms with E-state index in [-0.39, 0.29) is 6.54 Å². The van der Waals surface area contributed by atoms with Crippen molar-refractivity contribution in [2.45, 2.75) is 13.3 Å². The van der Waals surface area contributed by atoms with Crippen LogP contribution in [0.25, 0.3) is 10.8 Å². The number of benzene rings is 2. The first-order valence-electron chi connectivity index (χ1n) is 8.42. The number of nitrogens with one attached hydrogen (secondary N) is 2. The summed E-state index contributed by atoms with van der Waals surface area (Å²) in [6.45, 7) is 3.19. The molecule has 0 aliphatic rings. The van der Waals surface area contributed by atoms with Gasteiger partial charge in [0.25, 0.3) is 0 Å². The third kappa shape index (κ3) is 5.29. The zero-order valence-electron chi connectivity index (χ0n) is 15.0. The molecule has 0 aliphatic carbocycles. The van der Waals surface area contributed by atoms with Gasteiger partial charge in [-0.3, -0.25) is 9.59 Å². The van der Waals surface area contributed by atoms with Crippen LogP contribution in [0.2, 0.25) is 0 Å². The summed E-state index contributed by atoms with van der Waals surface area (Å²) >= 11 is 0. The lowest BCUT2D eigenvalue weighted by molar-refractivity contribution is -0.139. The van der Waals surface area contributed by atoms with Gasteiger partial charge in [0.05, 0.1) is 19.4 Å². The zero-order valence-corrected chi connectivity index (χ0v) is 15.0. The minimum atomic E-state index is -0.839. The molecule has 0 radical (unpaired) electrons. The van der Waals surface area contributed by atoms with Gasteiger partial charge in [0, 0.05) is 19.2 Å². The molecule has 26 heavy (non-hydrogen) atoms. The molecule has 7 nitrogen and oxygen atoms in total. The van der Waals surface area contributed by atoms with Crippen molar-refractivity contribution in [2.75, 3.05) is 26.9 Å². The number of rotatable bonds is 8. The second-order valence-electron chi connectivity index (χ2n) is 5.49. The molecule has 0 bridgehead atoms. The molecule has 0 saturated carbocycles. The van der Waals surface area contributed by atoms with Crippen molar-refractivity contribution < 1.29 is 19.1 Å². The second-order valence-corrected chi connectivity index (χ2v) is 5.49. The van der Waals surface area contributed by atoms with E-state index in [2.05, 4.69) is 15.8 Å². The van der Waals surface area contributed by atoms with Gasteiger partial charge in [-0.2, -0.15) is 5.10 Å². The molecule has 0 saturated heterocycles. The number of carbonyl (C=O) groups is 2. The largest absolute Gasteiger partial charge is 0.493 e. The fourth-order valence-corrected chi connectivity index (χ4v) is 2.30. The lowest BCUT2D eigenvalue weighted by Crippen LogP contribution is -2.39. The van der Waals surface area contributed by atoms with Crippen molar-refractivity contribution in [1.82, 2.24) is 10.7 Å². The number of methoxy groups -OCH3 is 1. The molecule has 7 heteroatoms. The quantitative estimate of drug-likeness (QED) is 0.327. The topological polar surface area (TPSA) is 89.0 Å². The maximum atomic E-state index is 11.7. The summed E-state index contributed by atoms with van der Waals surface area (Å²) < 4.78 is 10.6. The van der Waals surface area contributed by atoms with Gasteiger partial charge < -0.3 is 14.8 Å². The first-order chi connectivity index (χ1) is 12.7. The number of fused-ring (bicyclic) bond motifs is 1. The summed E-state index contributed by atoms with van der Waals surface area (Å²) in [5.41, 5.74) is 2.97. The molecule has 0 heterocycles. The highest BCUT2D eigenvalue weighted by Crippen LogP contribution is 2.26. The van der Waals surface area contributed by atoms with Crippen molar-refractivity contribution in [3.8, 4) is 5.75 Å². The molecule has 0 aromatic heterocycles. The van der Waals surface area contributed by atoms with E-state index in [0.717, 1.165) is 22.8 Å². The zero-order chi connectivity index (χ0) is 18.8. The molecule has 2 amide bonds. The Bertz CT molecular complexity index is 789. The maximum Gasteiger partial charge on any atom is 0.329 e. The fourth-order valence-electron chi connectivity index (χ4n) is 2.30. The molecule has 0 fully saturated rings. The molecule has 2 N–H and O–H groups in total. The molecule has 2 aromatic carbocycles. The van der Waals surface area contributed by atoms with Crippen molar-refractivity contribution in [3.05, 3.63) is 42.0 Å². The summed E-state index contributed by atoms with van der Waals surface area (Å²) in [6, 6.07) is 11.7. The van der Waals surface area contributed by atoms with Gasteiger partial charge in [0.2, 0.25) is 0 Å². The maximum absolute atomic E-state index is 11.7. The third-order valence-electron chi connectivity index (χ3n) is 3.55. The van der Waals surface area contributed by atoms with E-state index in [4.69, 9.17) is 9.47 Å².